The number of carbonyl (C=O) groups excluding carboxylic acids is 1. The Kier molecular flexibility index (Phi) is 7.18. The fourth-order valence-electron chi connectivity index (χ4n) is 2.63. The number of nitro benzene ring substituents is 1. The molecule has 0 heterocycles. The van der Waals surface area contributed by atoms with Crippen molar-refractivity contribution in [2.45, 2.75) is 4.90 Å². The van der Waals surface area contributed by atoms with E-state index >= 15 is 0 Å². The van der Waals surface area contributed by atoms with E-state index in [0.29, 0.717) is 21.1 Å². The molecule has 3 rings (SSSR count). The van der Waals surface area contributed by atoms with Crippen LogP contribution in [0.1, 0.15) is 15.9 Å². The number of rotatable bonds is 6. The van der Waals surface area contributed by atoms with Gasteiger partial charge in [-0.15, -0.1) is 0 Å². The lowest BCUT2D eigenvalue weighted by Crippen LogP contribution is -2.13. The first-order valence-electron chi connectivity index (χ1n) is 8.70. The van der Waals surface area contributed by atoms with E-state index in [0.717, 1.165) is 24.3 Å². The first-order valence-corrected chi connectivity index (χ1v) is 10.3. The van der Waals surface area contributed by atoms with Gasteiger partial charge in [-0.1, -0.05) is 27.7 Å². The number of phenolic OH excluding ortho intramolecular Hbond substituents is 1. The first kappa shape index (κ1) is 24.4. The lowest BCUT2D eigenvalue weighted by molar-refractivity contribution is -0.385. The van der Waals surface area contributed by atoms with Crippen LogP contribution in [0.3, 0.4) is 0 Å². The van der Waals surface area contributed by atoms with Gasteiger partial charge >= 0.3 is 5.69 Å². The van der Waals surface area contributed by atoms with Crippen molar-refractivity contribution in [3.63, 3.8) is 0 Å². The highest BCUT2D eigenvalue weighted by molar-refractivity contribution is 9.10. The van der Waals surface area contributed by atoms with Crippen LogP contribution in [0.4, 0.5) is 27.6 Å². The molecule has 3 aromatic carbocycles. The fourth-order valence-corrected chi connectivity index (χ4v) is 3.81. The Bertz CT molecular complexity index is 1290. The van der Waals surface area contributed by atoms with Crippen molar-refractivity contribution in [3.05, 3.63) is 102 Å². The van der Waals surface area contributed by atoms with Gasteiger partial charge in [0, 0.05) is 15.4 Å². The van der Waals surface area contributed by atoms with Crippen molar-refractivity contribution in [2.75, 3.05) is 0 Å². The van der Waals surface area contributed by atoms with Gasteiger partial charge in [-0.05, 0) is 48.0 Å². The standard InChI is InChI=1S/C21H9BrF5NO4S/c22-10-2-4-11(5-3-10)33-14(8-9-1-6-12(28(31)32)13(29)7-9)21(30)15-16(23)18(25)20(27)19(26)17(15)24/h1-8,29H/b14-8+. The summed E-state index contributed by atoms with van der Waals surface area (Å²) in [5.41, 5.74) is -2.30. The third-order valence-electron chi connectivity index (χ3n) is 4.20. The number of thioether (sulfide) groups is 1. The Morgan fingerprint density at radius 2 is 1.48 bits per heavy atom. The molecular weight excluding hydrogens is 537 g/mol. The average Bonchev–Trinajstić information content (AvgIpc) is 2.77. The molecule has 0 radical (unpaired) electrons. The molecule has 5 nitrogen and oxygen atoms in total. The topological polar surface area (TPSA) is 80.4 Å². The number of hydrogen-bond acceptors (Lipinski definition) is 5. The predicted octanol–water partition coefficient (Wildman–Crippen LogP) is 6.77. The number of nitrogens with zero attached hydrogens (tertiary/aromatic N) is 1. The Morgan fingerprint density at radius 3 is 2.00 bits per heavy atom. The molecule has 1 N–H and O–H groups in total. The highest BCUT2D eigenvalue weighted by Gasteiger charge is 2.31. The van der Waals surface area contributed by atoms with Gasteiger partial charge < -0.3 is 5.11 Å². The van der Waals surface area contributed by atoms with Crippen LogP contribution in [0.5, 0.6) is 5.75 Å². The molecule has 0 bridgehead atoms. The molecule has 12 heteroatoms. The number of nitro groups is 1. The van der Waals surface area contributed by atoms with E-state index in [9.17, 15) is 42.0 Å². The number of allylic oxidation sites excluding steroid dienone is 1. The van der Waals surface area contributed by atoms with E-state index in [4.69, 9.17) is 0 Å². The minimum atomic E-state index is -2.41. The Labute approximate surface area is 194 Å². The van der Waals surface area contributed by atoms with Crippen LogP contribution in [0, 0.1) is 39.2 Å². The maximum Gasteiger partial charge on any atom is 0.310 e. The molecule has 0 fully saturated rings. The fraction of sp³-hybridized carbons (Fsp3) is 0. The summed E-state index contributed by atoms with van der Waals surface area (Å²) in [6.07, 6.45) is 0.997. The van der Waals surface area contributed by atoms with E-state index in [1.807, 2.05) is 0 Å². The molecule has 0 aliphatic heterocycles. The van der Waals surface area contributed by atoms with Crippen molar-refractivity contribution in [3.8, 4) is 5.75 Å². The van der Waals surface area contributed by atoms with Crippen molar-refractivity contribution in [2.24, 2.45) is 0 Å². The minimum absolute atomic E-state index is 0.00469. The molecule has 0 unspecified atom stereocenters. The molecular formula is C21H9BrF5NO4S. The zero-order valence-electron chi connectivity index (χ0n) is 15.9. The lowest BCUT2D eigenvalue weighted by Gasteiger charge is -2.11. The van der Waals surface area contributed by atoms with Crippen molar-refractivity contribution in [1.82, 2.24) is 0 Å². The highest BCUT2D eigenvalue weighted by Crippen LogP contribution is 2.35. The summed E-state index contributed by atoms with van der Waals surface area (Å²) in [5, 5.41) is 20.7. The molecule has 0 atom stereocenters. The molecule has 0 aromatic heterocycles. The summed E-state index contributed by atoms with van der Waals surface area (Å²) in [6.45, 7) is 0. The van der Waals surface area contributed by atoms with Crippen LogP contribution >= 0.6 is 27.7 Å². The number of ketones is 1. The van der Waals surface area contributed by atoms with Crippen LogP contribution in [-0.2, 0) is 0 Å². The average molecular weight is 546 g/mol. The lowest BCUT2D eigenvalue weighted by atomic mass is 10.1. The van der Waals surface area contributed by atoms with Gasteiger partial charge in [0.2, 0.25) is 11.6 Å². The van der Waals surface area contributed by atoms with E-state index in [1.165, 1.54) is 12.1 Å². The second-order valence-electron chi connectivity index (χ2n) is 6.34. The van der Waals surface area contributed by atoms with Gasteiger partial charge in [-0.2, -0.15) is 0 Å². The van der Waals surface area contributed by atoms with Crippen LogP contribution in [-0.4, -0.2) is 15.8 Å². The summed E-state index contributed by atoms with van der Waals surface area (Å²) in [5.74, 6) is -13.8. The third-order valence-corrected chi connectivity index (χ3v) is 5.76. The number of Topliss-reactive ketones (excluding diaryl/α,β-unsaturated/α-hetero) is 1. The van der Waals surface area contributed by atoms with Crippen molar-refractivity contribution >= 4 is 45.2 Å². The molecule has 0 saturated heterocycles. The Morgan fingerprint density at radius 1 is 0.939 bits per heavy atom. The molecule has 170 valence electrons. The molecule has 3 aromatic rings. The predicted molar refractivity (Wildman–Crippen MR) is 113 cm³/mol. The van der Waals surface area contributed by atoms with Crippen molar-refractivity contribution < 1.29 is 36.8 Å². The number of hydrogen-bond donors (Lipinski definition) is 1. The second-order valence-corrected chi connectivity index (χ2v) is 8.37. The van der Waals surface area contributed by atoms with Gasteiger partial charge in [0.15, 0.2) is 29.0 Å². The Balaban J connectivity index is 2.17. The largest absolute Gasteiger partial charge is 0.502 e. The van der Waals surface area contributed by atoms with Gasteiger partial charge in [-0.25, -0.2) is 22.0 Å². The maximum atomic E-state index is 14.3. The molecule has 33 heavy (non-hydrogen) atoms. The van der Waals surface area contributed by atoms with E-state index in [-0.39, 0.29) is 5.56 Å². The summed E-state index contributed by atoms with van der Waals surface area (Å²) in [4.78, 5) is 22.8. The molecule has 0 spiro atoms. The quantitative estimate of drug-likeness (QED) is 0.0540. The number of aromatic hydroxyl groups is 1. The van der Waals surface area contributed by atoms with Crippen LogP contribution in [0.2, 0.25) is 0 Å². The zero-order valence-corrected chi connectivity index (χ0v) is 18.3. The zero-order chi connectivity index (χ0) is 24.4. The normalized spacial score (nSPS) is 11.5. The smallest absolute Gasteiger partial charge is 0.310 e. The first-order chi connectivity index (χ1) is 15.5. The monoisotopic (exact) mass is 545 g/mol. The van der Waals surface area contributed by atoms with Gasteiger partial charge in [0.1, 0.15) is 5.56 Å². The maximum absolute atomic E-state index is 14.3. The molecule has 0 amide bonds. The summed E-state index contributed by atoms with van der Waals surface area (Å²) < 4.78 is 69.9. The molecule has 0 aliphatic carbocycles. The van der Waals surface area contributed by atoms with Gasteiger partial charge in [0.25, 0.3) is 0 Å². The van der Waals surface area contributed by atoms with E-state index in [1.54, 1.807) is 12.1 Å². The molecule has 0 aliphatic rings. The van der Waals surface area contributed by atoms with Crippen LogP contribution in [0.15, 0.2) is 56.7 Å². The van der Waals surface area contributed by atoms with E-state index in [2.05, 4.69) is 15.9 Å². The number of halogens is 6. The number of carbonyl (C=O) groups is 1. The van der Waals surface area contributed by atoms with Crippen molar-refractivity contribution in [1.29, 1.82) is 0 Å². The third kappa shape index (κ3) is 5.06. The van der Waals surface area contributed by atoms with Crippen LogP contribution in [0.25, 0.3) is 6.08 Å². The molecule has 0 saturated carbocycles. The highest BCUT2D eigenvalue weighted by atomic mass is 79.9. The summed E-state index contributed by atoms with van der Waals surface area (Å²) in [6, 6.07) is 9.16. The minimum Gasteiger partial charge on any atom is -0.502 e. The Hall–Kier alpha value is -3.25. The summed E-state index contributed by atoms with van der Waals surface area (Å²) >= 11 is 3.86. The van der Waals surface area contributed by atoms with Gasteiger partial charge in [-0.3, -0.25) is 14.9 Å². The second kappa shape index (κ2) is 9.71. The van der Waals surface area contributed by atoms with Gasteiger partial charge in [0.05, 0.1) is 9.83 Å². The number of benzene rings is 3. The summed E-state index contributed by atoms with van der Waals surface area (Å²) in [7, 11) is 0. The van der Waals surface area contributed by atoms with E-state index < -0.39 is 61.7 Å². The number of phenols is 1. The SMILES string of the molecule is O=C(/C(=C\c1ccc([N+](=O)[O-])c(O)c1)Sc1ccc(Br)cc1)c1c(F)c(F)c(F)c(F)c1F. The van der Waals surface area contributed by atoms with Crippen LogP contribution < -0.4 is 0 Å².